The number of nitrogens with one attached hydrogen (secondary N) is 1. The van der Waals surface area contributed by atoms with Crippen LogP contribution in [-0.4, -0.2) is 46.7 Å². The molecule has 0 rings (SSSR count). The minimum absolute atomic E-state index is 0.00990. The summed E-state index contributed by atoms with van der Waals surface area (Å²) in [7, 11) is -1.17. The van der Waals surface area contributed by atoms with Gasteiger partial charge in [-0.2, -0.15) is 0 Å². The second kappa shape index (κ2) is 7.25. The summed E-state index contributed by atoms with van der Waals surface area (Å²) in [4.78, 5) is 0. The summed E-state index contributed by atoms with van der Waals surface area (Å²) in [5, 5.41) is 3.26. The van der Waals surface area contributed by atoms with Crippen LogP contribution in [0.2, 0.25) is 0 Å². The monoisotopic (exact) mass is 251 g/mol. The summed E-state index contributed by atoms with van der Waals surface area (Å²) in [6.45, 7) is 8.16. The molecule has 0 radical (unpaired) electrons. The van der Waals surface area contributed by atoms with Crippen LogP contribution in [0.5, 0.6) is 0 Å². The van der Waals surface area contributed by atoms with Crippen molar-refractivity contribution in [1.82, 2.24) is 5.32 Å². The standard InChI is InChI=1S/C11H25NO3S/c1-5-16(13,14)9-6-11(2,3)10-12-7-8-15-4/h12H,5-10H2,1-4H3. The van der Waals surface area contributed by atoms with Crippen molar-refractivity contribution in [3.8, 4) is 0 Å². The topological polar surface area (TPSA) is 55.4 Å². The van der Waals surface area contributed by atoms with Crippen LogP contribution >= 0.6 is 0 Å². The number of hydrogen-bond donors (Lipinski definition) is 1. The summed E-state index contributed by atoms with van der Waals surface area (Å²) >= 11 is 0. The van der Waals surface area contributed by atoms with Crippen LogP contribution in [0.3, 0.4) is 0 Å². The van der Waals surface area contributed by atoms with Crippen LogP contribution in [0.15, 0.2) is 0 Å². The smallest absolute Gasteiger partial charge is 0.150 e. The molecule has 0 unspecified atom stereocenters. The number of ether oxygens (including phenoxy) is 1. The molecule has 0 amide bonds. The third kappa shape index (κ3) is 8.07. The molecule has 0 aromatic carbocycles. The number of hydrogen-bond acceptors (Lipinski definition) is 4. The quantitative estimate of drug-likeness (QED) is 0.623. The van der Waals surface area contributed by atoms with E-state index < -0.39 is 9.84 Å². The first-order chi connectivity index (χ1) is 7.33. The van der Waals surface area contributed by atoms with E-state index in [9.17, 15) is 8.42 Å². The van der Waals surface area contributed by atoms with Crippen LogP contribution < -0.4 is 5.32 Å². The zero-order valence-electron chi connectivity index (χ0n) is 10.9. The Labute approximate surface area is 99.7 Å². The Balaban J connectivity index is 3.87. The van der Waals surface area contributed by atoms with Crippen molar-refractivity contribution in [3.63, 3.8) is 0 Å². The average molecular weight is 251 g/mol. The zero-order chi connectivity index (χ0) is 12.7. The van der Waals surface area contributed by atoms with Gasteiger partial charge in [0.05, 0.1) is 12.4 Å². The van der Waals surface area contributed by atoms with Crippen LogP contribution in [0.4, 0.5) is 0 Å². The lowest BCUT2D eigenvalue weighted by Gasteiger charge is -2.24. The molecule has 0 bridgehead atoms. The van der Waals surface area contributed by atoms with E-state index >= 15 is 0 Å². The Kier molecular flexibility index (Phi) is 7.19. The molecule has 1 N–H and O–H groups in total. The van der Waals surface area contributed by atoms with Gasteiger partial charge in [-0.15, -0.1) is 0 Å². The van der Waals surface area contributed by atoms with Gasteiger partial charge in [0.15, 0.2) is 0 Å². The molecule has 98 valence electrons. The largest absolute Gasteiger partial charge is 0.383 e. The van der Waals surface area contributed by atoms with E-state index in [0.29, 0.717) is 13.0 Å². The van der Waals surface area contributed by atoms with Gasteiger partial charge in [-0.3, -0.25) is 0 Å². The summed E-state index contributed by atoms with van der Waals surface area (Å²) < 4.78 is 27.7. The maximum absolute atomic E-state index is 11.4. The van der Waals surface area contributed by atoms with Gasteiger partial charge in [-0.1, -0.05) is 20.8 Å². The first-order valence-electron chi connectivity index (χ1n) is 5.73. The van der Waals surface area contributed by atoms with Gasteiger partial charge in [0.2, 0.25) is 0 Å². The fourth-order valence-electron chi connectivity index (χ4n) is 1.27. The van der Waals surface area contributed by atoms with E-state index in [4.69, 9.17) is 4.74 Å². The maximum Gasteiger partial charge on any atom is 0.150 e. The van der Waals surface area contributed by atoms with Crippen LogP contribution in [0, 0.1) is 5.41 Å². The molecule has 16 heavy (non-hydrogen) atoms. The van der Waals surface area contributed by atoms with Gasteiger partial charge in [0.25, 0.3) is 0 Å². The highest BCUT2D eigenvalue weighted by atomic mass is 32.2. The molecule has 0 heterocycles. The summed E-state index contributed by atoms with van der Waals surface area (Å²) in [6, 6.07) is 0. The Bertz CT molecular complexity index is 273. The lowest BCUT2D eigenvalue weighted by atomic mass is 9.90. The van der Waals surface area contributed by atoms with E-state index in [1.807, 2.05) is 0 Å². The van der Waals surface area contributed by atoms with Crippen molar-refractivity contribution in [2.45, 2.75) is 27.2 Å². The average Bonchev–Trinajstić information content (AvgIpc) is 2.22. The van der Waals surface area contributed by atoms with E-state index in [0.717, 1.165) is 13.1 Å². The van der Waals surface area contributed by atoms with Gasteiger partial charge < -0.3 is 10.1 Å². The third-order valence-electron chi connectivity index (χ3n) is 2.62. The lowest BCUT2D eigenvalue weighted by Crippen LogP contribution is -2.33. The van der Waals surface area contributed by atoms with Gasteiger partial charge >= 0.3 is 0 Å². The van der Waals surface area contributed by atoms with E-state index in [1.165, 1.54) is 0 Å². The highest BCUT2D eigenvalue weighted by Crippen LogP contribution is 2.19. The summed E-state index contributed by atoms with van der Waals surface area (Å²) in [5.74, 6) is 0.517. The fourth-order valence-corrected chi connectivity index (χ4v) is 2.42. The van der Waals surface area contributed by atoms with Gasteiger partial charge in [0, 0.05) is 26.0 Å². The molecule has 4 nitrogen and oxygen atoms in total. The van der Waals surface area contributed by atoms with Crippen molar-refractivity contribution < 1.29 is 13.2 Å². The van der Waals surface area contributed by atoms with E-state index in [-0.39, 0.29) is 16.9 Å². The molecule has 0 aromatic rings. The molecule has 0 aliphatic heterocycles. The van der Waals surface area contributed by atoms with Gasteiger partial charge in [-0.25, -0.2) is 8.42 Å². The predicted molar refractivity (Wildman–Crippen MR) is 67.5 cm³/mol. The third-order valence-corrected chi connectivity index (χ3v) is 4.32. The second-order valence-corrected chi connectivity index (χ2v) is 7.29. The lowest BCUT2D eigenvalue weighted by molar-refractivity contribution is 0.193. The minimum atomic E-state index is -2.84. The number of rotatable bonds is 9. The van der Waals surface area contributed by atoms with E-state index in [1.54, 1.807) is 14.0 Å². The van der Waals surface area contributed by atoms with Crippen molar-refractivity contribution >= 4 is 9.84 Å². The van der Waals surface area contributed by atoms with Gasteiger partial charge in [-0.05, 0) is 11.8 Å². The first kappa shape index (κ1) is 15.9. The second-order valence-electron chi connectivity index (χ2n) is 4.82. The molecule has 0 atom stereocenters. The summed E-state index contributed by atoms with van der Waals surface area (Å²) in [5.41, 5.74) is 0.00990. The zero-order valence-corrected chi connectivity index (χ0v) is 11.7. The molecule has 0 aliphatic carbocycles. The molecule has 5 heteroatoms. The molecule has 0 fully saturated rings. The molecular formula is C11H25NO3S. The van der Waals surface area contributed by atoms with Crippen LogP contribution in [-0.2, 0) is 14.6 Å². The fraction of sp³-hybridized carbons (Fsp3) is 1.00. The Morgan fingerprint density at radius 2 is 1.94 bits per heavy atom. The van der Waals surface area contributed by atoms with Crippen molar-refractivity contribution in [2.24, 2.45) is 5.41 Å². The Hall–Kier alpha value is -0.130. The van der Waals surface area contributed by atoms with Gasteiger partial charge in [0.1, 0.15) is 9.84 Å². The highest BCUT2D eigenvalue weighted by molar-refractivity contribution is 7.91. The molecule has 0 saturated heterocycles. The summed E-state index contributed by atoms with van der Waals surface area (Å²) in [6.07, 6.45) is 0.698. The molecular weight excluding hydrogens is 226 g/mol. The van der Waals surface area contributed by atoms with Crippen molar-refractivity contribution in [2.75, 3.05) is 38.3 Å². The SMILES string of the molecule is CCS(=O)(=O)CCC(C)(C)CNCCOC. The molecule has 0 saturated carbocycles. The minimum Gasteiger partial charge on any atom is -0.383 e. The Morgan fingerprint density at radius 1 is 1.31 bits per heavy atom. The first-order valence-corrected chi connectivity index (χ1v) is 7.55. The highest BCUT2D eigenvalue weighted by Gasteiger charge is 2.20. The molecule has 0 aromatic heterocycles. The van der Waals surface area contributed by atoms with Crippen molar-refractivity contribution in [1.29, 1.82) is 0 Å². The number of methoxy groups -OCH3 is 1. The van der Waals surface area contributed by atoms with Crippen LogP contribution in [0.1, 0.15) is 27.2 Å². The normalized spacial score (nSPS) is 13.0. The Morgan fingerprint density at radius 3 is 2.44 bits per heavy atom. The maximum atomic E-state index is 11.4. The number of sulfone groups is 1. The molecule has 0 aliphatic rings. The van der Waals surface area contributed by atoms with Crippen molar-refractivity contribution in [3.05, 3.63) is 0 Å². The molecule has 0 spiro atoms. The van der Waals surface area contributed by atoms with Crippen LogP contribution in [0.25, 0.3) is 0 Å². The van der Waals surface area contributed by atoms with E-state index in [2.05, 4.69) is 19.2 Å². The predicted octanol–water partition coefficient (Wildman–Crippen LogP) is 1.07.